The van der Waals surface area contributed by atoms with Gasteiger partial charge in [0.25, 0.3) is 0 Å². The zero-order chi connectivity index (χ0) is 12.1. The van der Waals surface area contributed by atoms with Gasteiger partial charge in [-0.25, -0.2) is 4.98 Å². The van der Waals surface area contributed by atoms with E-state index in [0.29, 0.717) is 19.0 Å². The molecule has 1 aromatic heterocycles. The summed E-state index contributed by atoms with van der Waals surface area (Å²) in [7, 11) is 0. The van der Waals surface area contributed by atoms with Gasteiger partial charge in [0.05, 0.1) is 23.9 Å². The second kappa shape index (κ2) is 5.45. The van der Waals surface area contributed by atoms with Crippen molar-refractivity contribution in [2.75, 3.05) is 11.4 Å². The Kier molecular flexibility index (Phi) is 4.24. The Hall–Kier alpha value is -1.63. The van der Waals surface area contributed by atoms with Crippen molar-refractivity contribution in [1.29, 1.82) is 5.26 Å². The molecule has 0 bridgehead atoms. The van der Waals surface area contributed by atoms with Crippen LogP contribution < -0.4 is 4.90 Å². The van der Waals surface area contributed by atoms with Crippen molar-refractivity contribution in [2.24, 2.45) is 0 Å². The highest BCUT2D eigenvalue weighted by Gasteiger charge is 2.14. The van der Waals surface area contributed by atoms with Gasteiger partial charge in [0.15, 0.2) is 5.82 Å². The molecule has 0 saturated heterocycles. The molecule has 4 heteroatoms. The summed E-state index contributed by atoms with van der Waals surface area (Å²) in [6.07, 6.45) is 2.27. The van der Waals surface area contributed by atoms with Crippen molar-refractivity contribution in [3.63, 3.8) is 0 Å². The number of aryl methyl sites for hydroxylation is 2. The molecular weight excluding hydrogens is 200 g/mol. The summed E-state index contributed by atoms with van der Waals surface area (Å²) in [5.41, 5.74) is 1.82. The smallest absolute Gasteiger partial charge is 0.150 e. The Morgan fingerprint density at radius 1 is 1.44 bits per heavy atom. The summed E-state index contributed by atoms with van der Waals surface area (Å²) in [6.45, 7) is 8.77. The number of anilines is 1. The quantitative estimate of drug-likeness (QED) is 0.777. The van der Waals surface area contributed by atoms with E-state index in [0.717, 1.165) is 17.2 Å². The number of nitriles is 1. The van der Waals surface area contributed by atoms with E-state index in [4.69, 9.17) is 5.26 Å². The molecule has 0 aliphatic heterocycles. The van der Waals surface area contributed by atoms with Crippen molar-refractivity contribution >= 4 is 5.82 Å². The molecule has 0 saturated carbocycles. The molecule has 1 aromatic rings. The van der Waals surface area contributed by atoms with Gasteiger partial charge in [-0.05, 0) is 27.7 Å². The number of rotatable bonds is 4. The Labute approximate surface area is 96.9 Å². The van der Waals surface area contributed by atoms with Gasteiger partial charge in [-0.1, -0.05) is 0 Å². The lowest BCUT2D eigenvalue weighted by Crippen LogP contribution is -2.33. The molecule has 0 fully saturated rings. The zero-order valence-electron chi connectivity index (χ0n) is 10.4. The molecule has 0 aliphatic carbocycles. The molecule has 4 nitrogen and oxygen atoms in total. The van der Waals surface area contributed by atoms with Gasteiger partial charge in [-0.2, -0.15) is 5.26 Å². The highest BCUT2D eigenvalue weighted by molar-refractivity contribution is 5.44. The first kappa shape index (κ1) is 12.4. The van der Waals surface area contributed by atoms with Gasteiger partial charge < -0.3 is 4.90 Å². The van der Waals surface area contributed by atoms with Crippen LogP contribution in [0.1, 0.15) is 31.7 Å². The summed E-state index contributed by atoms with van der Waals surface area (Å²) in [5.74, 6) is 0.894. The Morgan fingerprint density at radius 2 is 2.12 bits per heavy atom. The lowest BCUT2D eigenvalue weighted by molar-refractivity contribution is 0.670. The summed E-state index contributed by atoms with van der Waals surface area (Å²) < 4.78 is 0. The topological polar surface area (TPSA) is 52.8 Å². The molecule has 1 heterocycles. The third kappa shape index (κ3) is 2.93. The number of aromatic nitrogens is 2. The molecule has 0 atom stereocenters. The highest BCUT2D eigenvalue weighted by Crippen LogP contribution is 2.18. The third-order valence-corrected chi connectivity index (χ3v) is 2.41. The molecule has 1 rings (SSSR count). The van der Waals surface area contributed by atoms with E-state index in [1.807, 2.05) is 13.8 Å². The zero-order valence-corrected chi connectivity index (χ0v) is 10.4. The van der Waals surface area contributed by atoms with E-state index in [9.17, 15) is 0 Å². The van der Waals surface area contributed by atoms with Crippen LogP contribution in [0.25, 0.3) is 0 Å². The molecule has 16 heavy (non-hydrogen) atoms. The van der Waals surface area contributed by atoms with Crippen LogP contribution in [0.2, 0.25) is 0 Å². The molecule has 0 radical (unpaired) electrons. The number of hydrogen-bond acceptors (Lipinski definition) is 4. The van der Waals surface area contributed by atoms with Crippen LogP contribution in [0.15, 0.2) is 6.20 Å². The summed E-state index contributed by atoms with van der Waals surface area (Å²) in [5, 5.41) is 8.66. The Bertz CT molecular complexity index is 392. The predicted molar refractivity (Wildman–Crippen MR) is 64.2 cm³/mol. The van der Waals surface area contributed by atoms with E-state index in [2.05, 4.69) is 34.8 Å². The minimum Gasteiger partial charge on any atom is -0.352 e. The SMILES string of the molecule is Cc1cnc(C)c(N(CCC#N)C(C)C)n1. The van der Waals surface area contributed by atoms with Gasteiger partial charge in [0.1, 0.15) is 0 Å². The minimum atomic E-state index is 0.322. The molecule has 86 valence electrons. The highest BCUT2D eigenvalue weighted by atomic mass is 15.2. The van der Waals surface area contributed by atoms with Crippen LogP contribution in [0.4, 0.5) is 5.82 Å². The van der Waals surface area contributed by atoms with Gasteiger partial charge in [0, 0.05) is 18.8 Å². The van der Waals surface area contributed by atoms with Gasteiger partial charge in [-0.3, -0.25) is 4.98 Å². The summed E-state index contributed by atoms with van der Waals surface area (Å²) in [4.78, 5) is 10.9. The maximum Gasteiger partial charge on any atom is 0.150 e. The van der Waals surface area contributed by atoms with E-state index < -0.39 is 0 Å². The molecule has 0 amide bonds. The molecule has 0 aromatic carbocycles. The third-order valence-electron chi connectivity index (χ3n) is 2.41. The first-order valence-corrected chi connectivity index (χ1v) is 5.50. The Balaban J connectivity index is 3.01. The molecule has 0 aliphatic rings. The average Bonchev–Trinajstić information content (AvgIpc) is 2.23. The second-order valence-electron chi connectivity index (χ2n) is 4.12. The standard InChI is InChI=1S/C12H18N4/c1-9(2)16(7-5-6-13)12-11(4)14-8-10(3)15-12/h8-9H,5,7H2,1-4H3. The normalized spacial score (nSPS) is 10.2. The van der Waals surface area contributed by atoms with Crippen LogP contribution in [-0.4, -0.2) is 22.6 Å². The van der Waals surface area contributed by atoms with E-state index in [1.165, 1.54) is 0 Å². The van der Waals surface area contributed by atoms with Crippen LogP contribution >= 0.6 is 0 Å². The first-order valence-electron chi connectivity index (χ1n) is 5.50. The lowest BCUT2D eigenvalue weighted by Gasteiger charge is -2.28. The largest absolute Gasteiger partial charge is 0.352 e. The van der Waals surface area contributed by atoms with Crippen molar-refractivity contribution in [1.82, 2.24) is 9.97 Å². The molecular formula is C12H18N4. The van der Waals surface area contributed by atoms with Gasteiger partial charge in [0.2, 0.25) is 0 Å². The van der Waals surface area contributed by atoms with Crippen molar-refractivity contribution in [2.45, 2.75) is 40.2 Å². The summed E-state index contributed by atoms with van der Waals surface area (Å²) >= 11 is 0. The molecule has 0 N–H and O–H groups in total. The van der Waals surface area contributed by atoms with Gasteiger partial charge in [-0.15, -0.1) is 0 Å². The number of hydrogen-bond donors (Lipinski definition) is 0. The van der Waals surface area contributed by atoms with Crippen LogP contribution in [0.3, 0.4) is 0 Å². The van der Waals surface area contributed by atoms with E-state index in [1.54, 1.807) is 6.20 Å². The lowest BCUT2D eigenvalue weighted by atomic mass is 10.2. The fourth-order valence-corrected chi connectivity index (χ4v) is 1.58. The van der Waals surface area contributed by atoms with E-state index in [-0.39, 0.29) is 0 Å². The van der Waals surface area contributed by atoms with Crippen LogP contribution in [0.5, 0.6) is 0 Å². The predicted octanol–water partition coefficient (Wildman–Crippen LogP) is 2.22. The van der Waals surface area contributed by atoms with E-state index >= 15 is 0 Å². The summed E-state index contributed by atoms with van der Waals surface area (Å²) in [6, 6.07) is 2.49. The fraction of sp³-hybridized carbons (Fsp3) is 0.583. The fourth-order valence-electron chi connectivity index (χ4n) is 1.58. The average molecular weight is 218 g/mol. The molecule has 0 unspecified atom stereocenters. The maximum atomic E-state index is 8.66. The number of nitrogens with zero attached hydrogens (tertiary/aromatic N) is 4. The Morgan fingerprint density at radius 3 is 2.69 bits per heavy atom. The second-order valence-corrected chi connectivity index (χ2v) is 4.12. The first-order chi connectivity index (χ1) is 7.56. The van der Waals surface area contributed by atoms with Crippen molar-refractivity contribution in [3.8, 4) is 6.07 Å². The van der Waals surface area contributed by atoms with Crippen LogP contribution in [-0.2, 0) is 0 Å². The van der Waals surface area contributed by atoms with Gasteiger partial charge >= 0.3 is 0 Å². The van der Waals surface area contributed by atoms with Crippen LogP contribution in [0, 0.1) is 25.2 Å². The maximum absolute atomic E-state index is 8.66. The minimum absolute atomic E-state index is 0.322. The monoisotopic (exact) mass is 218 g/mol. The van der Waals surface area contributed by atoms with Crippen molar-refractivity contribution in [3.05, 3.63) is 17.6 Å². The van der Waals surface area contributed by atoms with Crippen molar-refractivity contribution < 1.29 is 0 Å². The molecule has 0 spiro atoms.